The second-order valence-corrected chi connectivity index (χ2v) is 10.9. The van der Waals surface area contributed by atoms with Crippen molar-refractivity contribution in [1.82, 2.24) is 15.1 Å². The van der Waals surface area contributed by atoms with Crippen LogP contribution in [0.15, 0.2) is 60.7 Å². The van der Waals surface area contributed by atoms with E-state index in [0.717, 1.165) is 13.0 Å². The Morgan fingerprint density at radius 1 is 0.780 bits per heavy atom. The first-order valence-electron chi connectivity index (χ1n) is 14.8. The fourth-order valence-electron chi connectivity index (χ4n) is 4.84. The maximum absolute atomic E-state index is 12.3. The van der Waals surface area contributed by atoms with E-state index in [-0.39, 0.29) is 23.8 Å². The molecule has 0 bridgehead atoms. The quantitative estimate of drug-likeness (QED) is 0.506. The predicted octanol–water partition coefficient (Wildman–Crippen LogP) is 5.54. The van der Waals surface area contributed by atoms with Crippen LogP contribution in [0.5, 0.6) is 0 Å². The van der Waals surface area contributed by atoms with E-state index in [0.29, 0.717) is 18.9 Å². The molecule has 8 heteroatoms. The topological polar surface area (TPSA) is 105 Å². The Morgan fingerprint density at radius 2 is 1.20 bits per heavy atom. The van der Waals surface area contributed by atoms with E-state index in [2.05, 4.69) is 29.6 Å². The van der Waals surface area contributed by atoms with Gasteiger partial charge in [-0.1, -0.05) is 88.4 Å². The number of likely N-dealkylation sites (tertiary alicyclic amines) is 2. The molecule has 0 spiro atoms. The first-order valence-corrected chi connectivity index (χ1v) is 14.8. The lowest BCUT2D eigenvalue weighted by Crippen LogP contribution is -2.53. The Kier molecular flexibility index (Phi) is 15.1. The lowest BCUT2D eigenvalue weighted by Gasteiger charge is -2.35. The number of carbonyl (C=O) groups is 3. The minimum Gasteiger partial charge on any atom is -0.444 e. The number of ether oxygens (including phenoxy) is 1. The average Bonchev–Trinajstić information content (AvgIpc) is 2.96. The van der Waals surface area contributed by atoms with Crippen LogP contribution in [0.1, 0.15) is 84.3 Å². The van der Waals surface area contributed by atoms with Gasteiger partial charge in [0.2, 0.25) is 11.8 Å². The number of hydrogen-bond donors (Lipinski definition) is 2. The van der Waals surface area contributed by atoms with E-state index in [4.69, 9.17) is 10.5 Å². The molecule has 2 aliphatic heterocycles. The highest BCUT2D eigenvalue weighted by Crippen LogP contribution is 2.27. The third-order valence-electron chi connectivity index (χ3n) is 6.65. The Labute approximate surface area is 247 Å². The van der Waals surface area contributed by atoms with E-state index < -0.39 is 17.7 Å². The first-order chi connectivity index (χ1) is 19.4. The van der Waals surface area contributed by atoms with Crippen molar-refractivity contribution in [2.75, 3.05) is 27.2 Å². The van der Waals surface area contributed by atoms with Gasteiger partial charge < -0.3 is 25.6 Å². The molecule has 2 aromatic rings. The largest absolute Gasteiger partial charge is 0.444 e. The third-order valence-corrected chi connectivity index (χ3v) is 6.65. The van der Waals surface area contributed by atoms with Gasteiger partial charge >= 0.3 is 6.09 Å². The maximum atomic E-state index is 12.3. The highest BCUT2D eigenvalue weighted by Gasteiger charge is 2.35. The maximum Gasteiger partial charge on any atom is 0.408 e. The van der Waals surface area contributed by atoms with E-state index in [1.165, 1.54) is 11.1 Å². The van der Waals surface area contributed by atoms with E-state index in [1.807, 2.05) is 71.1 Å². The molecule has 3 amide bonds. The Morgan fingerprint density at radius 3 is 1.61 bits per heavy atom. The predicted molar refractivity (Wildman–Crippen MR) is 167 cm³/mol. The van der Waals surface area contributed by atoms with Gasteiger partial charge in [-0.15, -0.1) is 0 Å². The smallest absolute Gasteiger partial charge is 0.408 e. The Hall–Kier alpha value is -3.39. The summed E-state index contributed by atoms with van der Waals surface area (Å²) in [5.74, 6) is 0.577. The average molecular weight is 569 g/mol. The molecule has 0 radical (unpaired) electrons. The van der Waals surface area contributed by atoms with E-state index >= 15 is 0 Å². The number of amides is 3. The number of benzene rings is 2. The van der Waals surface area contributed by atoms with Crippen molar-refractivity contribution in [2.45, 2.75) is 90.8 Å². The Bertz CT molecular complexity index is 1040. The van der Waals surface area contributed by atoms with Crippen molar-refractivity contribution >= 4 is 17.9 Å². The fourth-order valence-corrected chi connectivity index (χ4v) is 4.84. The number of likely N-dealkylation sites (N-methyl/N-ethyl adjacent to an activating group) is 2. The highest BCUT2D eigenvalue weighted by atomic mass is 16.6. The highest BCUT2D eigenvalue weighted by molar-refractivity contribution is 5.86. The summed E-state index contributed by atoms with van der Waals surface area (Å²) in [5, 5.41) is 2.70. The molecule has 2 heterocycles. The van der Waals surface area contributed by atoms with Crippen LogP contribution in [-0.2, 0) is 14.3 Å². The summed E-state index contributed by atoms with van der Waals surface area (Å²) in [6.45, 7) is 14.8. The van der Waals surface area contributed by atoms with Crippen molar-refractivity contribution in [3.05, 3.63) is 71.8 Å². The van der Waals surface area contributed by atoms with E-state index in [1.54, 1.807) is 37.6 Å². The molecular weight excluding hydrogens is 516 g/mol. The molecule has 2 aliphatic rings. The lowest BCUT2D eigenvalue weighted by molar-refractivity contribution is -0.135. The number of hydrogen-bond acceptors (Lipinski definition) is 5. The number of rotatable bonds is 3. The molecule has 0 unspecified atom stereocenters. The number of nitrogens with zero attached hydrogens (tertiary/aromatic N) is 2. The molecule has 8 nitrogen and oxygen atoms in total. The van der Waals surface area contributed by atoms with Crippen LogP contribution in [0, 0.1) is 0 Å². The van der Waals surface area contributed by atoms with Crippen LogP contribution < -0.4 is 11.1 Å². The summed E-state index contributed by atoms with van der Waals surface area (Å²) in [5.41, 5.74) is 7.68. The SMILES string of the molecule is CC.CC.CN1C[C@H](c2ccccc2)C[C@H](N)C1=O.CN1C[C@H](c2ccccc2)C[C@H](NC(=O)OC(C)(C)C)C1=O. The number of alkyl carbamates (subject to hydrolysis) is 1. The van der Waals surface area contributed by atoms with Gasteiger partial charge in [-0.2, -0.15) is 0 Å². The molecular formula is C33H52N4O4. The summed E-state index contributed by atoms with van der Waals surface area (Å²) in [6.07, 6.45) is 0.799. The second-order valence-electron chi connectivity index (χ2n) is 10.9. The summed E-state index contributed by atoms with van der Waals surface area (Å²) in [6, 6.07) is 19.4. The zero-order valence-electron chi connectivity index (χ0n) is 26.5. The standard InChI is InChI=1S/C17H24N2O3.C12H16N2O.2C2H6/c1-17(2,3)22-16(21)18-14-10-13(11-19(4)15(14)20)12-8-6-5-7-9-12;1-14-8-10(7-11(13)12(14)15)9-5-3-2-4-6-9;2*1-2/h5-9,13-14H,10-11H2,1-4H3,(H,18,21);2-6,10-11H,7-8,13H2,1H3;2*1-2H3/t13-,14+;10-,11+;;/m11../s1. The summed E-state index contributed by atoms with van der Waals surface area (Å²) in [4.78, 5) is 39.1. The summed E-state index contributed by atoms with van der Waals surface area (Å²) in [7, 11) is 3.58. The van der Waals surface area contributed by atoms with Crippen molar-refractivity contribution in [3.8, 4) is 0 Å². The van der Waals surface area contributed by atoms with Crippen molar-refractivity contribution in [3.63, 3.8) is 0 Å². The van der Waals surface area contributed by atoms with Gasteiger partial charge in [-0.05, 0) is 44.7 Å². The Balaban J connectivity index is 0.000000385. The van der Waals surface area contributed by atoms with Crippen LogP contribution in [0.2, 0.25) is 0 Å². The van der Waals surface area contributed by atoms with Gasteiger partial charge in [0.15, 0.2) is 0 Å². The zero-order chi connectivity index (χ0) is 31.2. The van der Waals surface area contributed by atoms with Gasteiger partial charge in [-0.25, -0.2) is 4.79 Å². The molecule has 2 fully saturated rings. The molecule has 228 valence electrons. The van der Waals surface area contributed by atoms with Gasteiger partial charge in [0.25, 0.3) is 0 Å². The van der Waals surface area contributed by atoms with Crippen LogP contribution in [0.4, 0.5) is 4.79 Å². The zero-order valence-corrected chi connectivity index (χ0v) is 26.5. The molecule has 0 aliphatic carbocycles. The third kappa shape index (κ3) is 11.6. The van der Waals surface area contributed by atoms with Gasteiger partial charge in [-0.3, -0.25) is 9.59 Å². The normalized spacial score (nSPS) is 22.1. The molecule has 2 aromatic carbocycles. The fraction of sp³-hybridized carbons (Fsp3) is 0.545. The monoisotopic (exact) mass is 568 g/mol. The number of nitrogens with one attached hydrogen (secondary N) is 1. The second kappa shape index (κ2) is 17.4. The summed E-state index contributed by atoms with van der Waals surface area (Å²) < 4.78 is 5.24. The molecule has 4 atom stereocenters. The van der Waals surface area contributed by atoms with Gasteiger partial charge in [0.1, 0.15) is 11.6 Å². The van der Waals surface area contributed by atoms with E-state index in [9.17, 15) is 14.4 Å². The van der Waals surface area contributed by atoms with Crippen LogP contribution in [0.3, 0.4) is 0 Å². The molecule has 41 heavy (non-hydrogen) atoms. The minimum atomic E-state index is -0.577. The number of piperidine rings is 2. The van der Waals surface area contributed by atoms with Gasteiger partial charge in [0, 0.05) is 39.0 Å². The molecule has 3 N–H and O–H groups in total. The number of carbonyl (C=O) groups excluding carboxylic acids is 3. The summed E-state index contributed by atoms with van der Waals surface area (Å²) >= 11 is 0. The van der Waals surface area contributed by atoms with Crippen LogP contribution >= 0.6 is 0 Å². The number of nitrogens with two attached hydrogens (primary N) is 1. The van der Waals surface area contributed by atoms with Crippen LogP contribution in [-0.4, -0.2) is 72.6 Å². The van der Waals surface area contributed by atoms with Crippen molar-refractivity contribution < 1.29 is 19.1 Å². The molecule has 0 saturated carbocycles. The molecule has 2 saturated heterocycles. The van der Waals surface area contributed by atoms with Crippen molar-refractivity contribution in [1.29, 1.82) is 0 Å². The minimum absolute atomic E-state index is 0.0576. The first kappa shape index (κ1) is 35.6. The van der Waals surface area contributed by atoms with Gasteiger partial charge in [0.05, 0.1) is 6.04 Å². The van der Waals surface area contributed by atoms with Crippen LogP contribution in [0.25, 0.3) is 0 Å². The lowest BCUT2D eigenvalue weighted by atomic mass is 9.88. The molecule has 4 rings (SSSR count). The van der Waals surface area contributed by atoms with Crippen molar-refractivity contribution in [2.24, 2.45) is 5.73 Å². The molecule has 0 aromatic heterocycles.